The molecule has 4 aromatic heterocycles. The lowest BCUT2D eigenvalue weighted by Crippen LogP contribution is -2.02. The maximum atomic E-state index is 10.1. The molecular weight excluding hydrogens is 326 g/mol. The van der Waals surface area contributed by atoms with E-state index >= 15 is 0 Å². The third-order valence-electron chi connectivity index (χ3n) is 4.77. The summed E-state index contributed by atoms with van der Waals surface area (Å²) in [4.78, 5) is 8.90. The predicted molar refractivity (Wildman–Crippen MR) is 103 cm³/mol. The first-order chi connectivity index (χ1) is 12.6. The highest BCUT2D eigenvalue weighted by molar-refractivity contribution is 5.99. The number of aromatic nitrogens is 4. The molecule has 4 rings (SSSR count). The minimum Gasteiger partial charge on any atom is -0.387 e. The number of aryl methyl sites for hydroxylation is 1. The molecule has 0 saturated heterocycles. The first-order valence-electron chi connectivity index (χ1n) is 8.71. The SMILES string of the molecule is CC[C@H](O)c1cc(C)c(-c2cc3cnc(NC)cc3c3ccnn23)cn1. The largest absolute Gasteiger partial charge is 0.387 e. The van der Waals surface area contributed by atoms with Crippen LogP contribution in [0.3, 0.4) is 0 Å². The van der Waals surface area contributed by atoms with E-state index in [1.807, 2.05) is 56.0 Å². The molecule has 0 radical (unpaired) electrons. The molecule has 0 bridgehead atoms. The van der Waals surface area contributed by atoms with Crippen LogP contribution in [0.5, 0.6) is 0 Å². The summed E-state index contributed by atoms with van der Waals surface area (Å²) in [6.45, 7) is 3.98. The van der Waals surface area contributed by atoms with Gasteiger partial charge in [-0.25, -0.2) is 9.50 Å². The van der Waals surface area contributed by atoms with Crippen molar-refractivity contribution in [2.75, 3.05) is 12.4 Å². The highest BCUT2D eigenvalue weighted by atomic mass is 16.3. The number of pyridine rings is 3. The third kappa shape index (κ3) is 2.59. The summed E-state index contributed by atoms with van der Waals surface area (Å²) in [6.07, 6.45) is 5.60. The van der Waals surface area contributed by atoms with Gasteiger partial charge in [0.15, 0.2) is 0 Å². The molecule has 4 aromatic rings. The summed E-state index contributed by atoms with van der Waals surface area (Å²) >= 11 is 0. The monoisotopic (exact) mass is 347 g/mol. The molecular formula is C20H21N5O. The third-order valence-corrected chi connectivity index (χ3v) is 4.77. The van der Waals surface area contributed by atoms with Crippen molar-refractivity contribution in [3.8, 4) is 11.3 Å². The lowest BCUT2D eigenvalue weighted by Gasteiger charge is -2.14. The fourth-order valence-electron chi connectivity index (χ4n) is 3.28. The van der Waals surface area contributed by atoms with Crippen LogP contribution in [0.2, 0.25) is 0 Å². The van der Waals surface area contributed by atoms with E-state index in [0.717, 1.165) is 38.9 Å². The van der Waals surface area contributed by atoms with Gasteiger partial charge in [0.05, 0.1) is 29.2 Å². The Kier molecular flexibility index (Phi) is 4.05. The van der Waals surface area contributed by atoms with E-state index in [2.05, 4.69) is 26.4 Å². The van der Waals surface area contributed by atoms with E-state index in [9.17, 15) is 5.11 Å². The summed E-state index contributed by atoms with van der Waals surface area (Å²) in [6, 6.07) is 8.07. The minimum absolute atomic E-state index is 0.534. The van der Waals surface area contributed by atoms with Crippen molar-refractivity contribution in [1.29, 1.82) is 0 Å². The number of anilines is 1. The predicted octanol–water partition coefficient (Wildman–Crippen LogP) is 3.74. The van der Waals surface area contributed by atoms with Gasteiger partial charge in [0.2, 0.25) is 0 Å². The molecule has 0 aliphatic carbocycles. The zero-order valence-electron chi connectivity index (χ0n) is 15.1. The molecule has 0 saturated carbocycles. The average Bonchev–Trinajstić information content (AvgIpc) is 3.16. The van der Waals surface area contributed by atoms with E-state index in [-0.39, 0.29) is 0 Å². The van der Waals surface area contributed by atoms with E-state index in [1.54, 1.807) is 6.20 Å². The number of hydrogen-bond donors (Lipinski definition) is 2. The molecule has 0 spiro atoms. The van der Waals surface area contributed by atoms with Crippen molar-refractivity contribution in [3.05, 3.63) is 54.1 Å². The summed E-state index contributed by atoms with van der Waals surface area (Å²) in [5.74, 6) is 0.823. The second-order valence-electron chi connectivity index (χ2n) is 6.41. The summed E-state index contributed by atoms with van der Waals surface area (Å²) in [7, 11) is 1.86. The lowest BCUT2D eigenvalue weighted by molar-refractivity contribution is 0.169. The smallest absolute Gasteiger partial charge is 0.126 e. The van der Waals surface area contributed by atoms with Gasteiger partial charge < -0.3 is 10.4 Å². The fourth-order valence-corrected chi connectivity index (χ4v) is 3.28. The van der Waals surface area contributed by atoms with Crippen LogP contribution in [0.1, 0.15) is 30.7 Å². The Morgan fingerprint density at radius 3 is 2.77 bits per heavy atom. The molecule has 26 heavy (non-hydrogen) atoms. The molecule has 0 amide bonds. The maximum Gasteiger partial charge on any atom is 0.126 e. The highest BCUT2D eigenvalue weighted by Gasteiger charge is 2.14. The fraction of sp³-hybridized carbons (Fsp3) is 0.250. The van der Waals surface area contributed by atoms with Crippen LogP contribution in [-0.2, 0) is 0 Å². The van der Waals surface area contributed by atoms with Crippen LogP contribution in [0.25, 0.3) is 27.5 Å². The Bertz CT molecular complexity index is 1100. The van der Waals surface area contributed by atoms with E-state index in [1.165, 1.54) is 0 Å². The second-order valence-corrected chi connectivity index (χ2v) is 6.41. The Hall–Kier alpha value is -2.99. The van der Waals surface area contributed by atoms with Crippen LogP contribution in [0, 0.1) is 6.92 Å². The van der Waals surface area contributed by atoms with Gasteiger partial charge in [0.1, 0.15) is 5.82 Å². The van der Waals surface area contributed by atoms with Crippen LogP contribution < -0.4 is 5.32 Å². The van der Waals surface area contributed by atoms with Crippen molar-refractivity contribution in [1.82, 2.24) is 19.6 Å². The van der Waals surface area contributed by atoms with Crippen molar-refractivity contribution in [2.24, 2.45) is 0 Å². The van der Waals surface area contributed by atoms with Crippen LogP contribution in [0.15, 0.2) is 42.9 Å². The van der Waals surface area contributed by atoms with Crippen molar-refractivity contribution in [2.45, 2.75) is 26.4 Å². The molecule has 4 heterocycles. The molecule has 1 atom stereocenters. The number of aliphatic hydroxyl groups excluding tert-OH is 1. The molecule has 0 aliphatic rings. The van der Waals surface area contributed by atoms with Gasteiger partial charge in [-0.2, -0.15) is 5.10 Å². The number of aliphatic hydroxyl groups is 1. The van der Waals surface area contributed by atoms with Gasteiger partial charge in [-0.3, -0.25) is 4.98 Å². The maximum absolute atomic E-state index is 10.1. The number of nitrogens with zero attached hydrogens (tertiary/aromatic N) is 4. The first-order valence-corrected chi connectivity index (χ1v) is 8.71. The molecule has 6 nitrogen and oxygen atoms in total. The molecule has 2 N–H and O–H groups in total. The Morgan fingerprint density at radius 2 is 2.04 bits per heavy atom. The van der Waals surface area contributed by atoms with Gasteiger partial charge in [-0.15, -0.1) is 0 Å². The average molecular weight is 347 g/mol. The molecule has 0 unspecified atom stereocenters. The topological polar surface area (TPSA) is 75.3 Å². The Morgan fingerprint density at radius 1 is 1.19 bits per heavy atom. The Balaban J connectivity index is 1.95. The minimum atomic E-state index is -0.534. The molecule has 0 fully saturated rings. The zero-order chi connectivity index (χ0) is 18.3. The molecule has 0 aliphatic heterocycles. The second kappa shape index (κ2) is 6.38. The lowest BCUT2D eigenvalue weighted by atomic mass is 10.0. The molecule has 132 valence electrons. The van der Waals surface area contributed by atoms with E-state index < -0.39 is 6.10 Å². The normalized spacial score (nSPS) is 12.6. The number of hydrogen-bond acceptors (Lipinski definition) is 5. The number of rotatable bonds is 4. The molecule has 6 heteroatoms. The Labute approximate surface area is 151 Å². The molecule has 0 aromatic carbocycles. The standard InChI is InChI=1S/C20H21N5O/c1-4-19(26)16-7-12(2)15(11-22-16)18-8-13-10-23-20(21-3)9-14(13)17-5-6-24-25(17)18/h5-11,19,26H,4H2,1-3H3,(H,21,23)/t19-/m0/s1. The van der Waals surface area contributed by atoms with Crippen molar-refractivity contribution < 1.29 is 5.11 Å². The van der Waals surface area contributed by atoms with Gasteiger partial charge in [0.25, 0.3) is 0 Å². The summed E-state index contributed by atoms with van der Waals surface area (Å²) < 4.78 is 1.93. The highest BCUT2D eigenvalue weighted by Crippen LogP contribution is 2.31. The van der Waals surface area contributed by atoms with E-state index in [4.69, 9.17) is 0 Å². The van der Waals surface area contributed by atoms with Gasteiger partial charge >= 0.3 is 0 Å². The van der Waals surface area contributed by atoms with Crippen molar-refractivity contribution >= 4 is 22.1 Å². The van der Waals surface area contributed by atoms with E-state index in [0.29, 0.717) is 12.1 Å². The summed E-state index contributed by atoms with van der Waals surface area (Å²) in [5.41, 5.74) is 4.72. The first kappa shape index (κ1) is 16.5. The van der Waals surface area contributed by atoms with Crippen molar-refractivity contribution in [3.63, 3.8) is 0 Å². The van der Waals surface area contributed by atoms with Gasteiger partial charge in [-0.05, 0) is 43.2 Å². The summed E-state index contributed by atoms with van der Waals surface area (Å²) in [5, 5.41) is 19.8. The van der Waals surface area contributed by atoms with Gasteiger partial charge in [-0.1, -0.05) is 6.92 Å². The van der Waals surface area contributed by atoms with Crippen LogP contribution >= 0.6 is 0 Å². The number of fused-ring (bicyclic) bond motifs is 3. The zero-order valence-corrected chi connectivity index (χ0v) is 15.1. The van der Waals surface area contributed by atoms with Gasteiger partial charge in [0, 0.05) is 35.8 Å². The van der Waals surface area contributed by atoms with Crippen LogP contribution in [-0.4, -0.2) is 31.7 Å². The quantitative estimate of drug-likeness (QED) is 0.588. The van der Waals surface area contributed by atoms with Crippen LogP contribution in [0.4, 0.5) is 5.82 Å². The number of nitrogens with one attached hydrogen (secondary N) is 1.